The van der Waals surface area contributed by atoms with Crippen LogP contribution in [0, 0.1) is 0 Å². The van der Waals surface area contributed by atoms with Gasteiger partial charge in [0, 0.05) is 7.05 Å². The van der Waals surface area contributed by atoms with Crippen LogP contribution in [0.4, 0.5) is 4.79 Å². The summed E-state index contributed by atoms with van der Waals surface area (Å²) >= 11 is 0. The third-order valence-electron chi connectivity index (χ3n) is 2.57. The molecule has 0 aromatic heterocycles. The zero-order valence-corrected chi connectivity index (χ0v) is 10.6. The maximum atomic E-state index is 11.8. The standard InChI is InChI=1S/C10H16BNO5/c1-9(2,12(5)8(15)16)7(14)17-10(3,4)6(11)13/h1-5H3,(H,15,16). The van der Waals surface area contributed by atoms with E-state index in [1.807, 2.05) is 0 Å². The molecule has 0 aromatic carbocycles. The van der Waals surface area contributed by atoms with Gasteiger partial charge in [-0.15, -0.1) is 0 Å². The number of likely N-dealkylation sites (N-methyl/N-ethyl adjacent to an activating group) is 1. The molecule has 1 N–H and O–H groups in total. The molecule has 0 heterocycles. The van der Waals surface area contributed by atoms with Gasteiger partial charge >= 0.3 is 12.1 Å². The summed E-state index contributed by atoms with van der Waals surface area (Å²) in [5.41, 5.74) is -3.69. The second-order valence-electron chi connectivity index (χ2n) is 4.66. The third kappa shape index (κ3) is 3.47. The maximum absolute atomic E-state index is 11.8. The van der Waals surface area contributed by atoms with E-state index in [1.54, 1.807) is 0 Å². The summed E-state index contributed by atoms with van der Waals surface area (Å²) < 4.78 is 4.92. The van der Waals surface area contributed by atoms with Gasteiger partial charge in [0.1, 0.15) is 11.2 Å². The first-order valence-electron chi connectivity index (χ1n) is 4.93. The lowest BCUT2D eigenvalue weighted by molar-refractivity contribution is -0.170. The van der Waals surface area contributed by atoms with Gasteiger partial charge < -0.3 is 14.6 Å². The van der Waals surface area contributed by atoms with Crippen molar-refractivity contribution in [3.8, 4) is 0 Å². The SMILES string of the molecule is [B]C(=O)C(C)(C)OC(=O)C(C)(C)N(C)C(=O)O. The van der Waals surface area contributed by atoms with E-state index in [4.69, 9.17) is 17.7 Å². The molecule has 1 amide bonds. The number of ether oxygens (including phenoxy) is 1. The van der Waals surface area contributed by atoms with E-state index >= 15 is 0 Å². The van der Waals surface area contributed by atoms with Gasteiger partial charge in [-0.1, -0.05) is 0 Å². The number of rotatable bonds is 4. The molecule has 0 aliphatic carbocycles. The minimum absolute atomic E-state index is 0.798. The van der Waals surface area contributed by atoms with E-state index < -0.39 is 28.9 Å². The number of nitrogens with zero attached hydrogens (tertiary/aromatic N) is 1. The van der Waals surface area contributed by atoms with Crippen molar-refractivity contribution in [1.82, 2.24) is 4.90 Å². The molecule has 7 heteroatoms. The van der Waals surface area contributed by atoms with E-state index in [1.165, 1.54) is 34.7 Å². The molecule has 0 rings (SSSR count). The van der Waals surface area contributed by atoms with E-state index in [-0.39, 0.29) is 0 Å². The first-order valence-corrected chi connectivity index (χ1v) is 4.93. The number of amides is 1. The van der Waals surface area contributed by atoms with Crippen LogP contribution in [0.15, 0.2) is 0 Å². The molecule has 0 aliphatic rings. The fraction of sp³-hybridized carbons (Fsp3) is 0.700. The van der Waals surface area contributed by atoms with Gasteiger partial charge in [0.2, 0.25) is 0 Å². The average Bonchev–Trinajstić information content (AvgIpc) is 2.15. The number of esters is 1. The van der Waals surface area contributed by atoms with Crippen LogP contribution < -0.4 is 0 Å². The molecule has 0 aliphatic heterocycles. The van der Waals surface area contributed by atoms with E-state index in [2.05, 4.69) is 0 Å². The molecule has 17 heavy (non-hydrogen) atoms. The molecule has 0 atom stereocenters. The summed E-state index contributed by atoms with van der Waals surface area (Å²) in [5.74, 6) is -0.841. The van der Waals surface area contributed by atoms with Crippen molar-refractivity contribution in [1.29, 1.82) is 0 Å². The Morgan fingerprint density at radius 1 is 1.18 bits per heavy atom. The molecular formula is C10H16BNO5. The van der Waals surface area contributed by atoms with Gasteiger partial charge in [-0.25, -0.2) is 9.59 Å². The van der Waals surface area contributed by atoms with Crippen molar-refractivity contribution in [3.05, 3.63) is 0 Å². The van der Waals surface area contributed by atoms with Crippen molar-refractivity contribution < 1.29 is 24.2 Å². The monoisotopic (exact) mass is 241 g/mol. The summed E-state index contributed by atoms with van der Waals surface area (Å²) in [4.78, 5) is 34.4. The van der Waals surface area contributed by atoms with Gasteiger partial charge in [-0.05, 0) is 27.7 Å². The van der Waals surface area contributed by atoms with E-state index in [0.29, 0.717) is 0 Å². The largest absolute Gasteiger partial charge is 0.465 e. The van der Waals surface area contributed by atoms with Crippen LogP contribution in [-0.4, -0.2) is 53.8 Å². The van der Waals surface area contributed by atoms with Gasteiger partial charge in [-0.2, -0.15) is 0 Å². The minimum Gasteiger partial charge on any atom is -0.465 e. The maximum Gasteiger partial charge on any atom is 0.407 e. The smallest absolute Gasteiger partial charge is 0.407 e. The molecule has 0 saturated heterocycles. The first kappa shape index (κ1) is 15.5. The van der Waals surface area contributed by atoms with Crippen LogP contribution in [0.2, 0.25) is 0 Å². The Kier molecular flexibility index (Phi) is 4.34. The number of carboxylic acid groups (broad SMARTS) is 1. The molecule has 0 bridgehead atoms. The van der Waals surface area contributed by atoms with Crippen LogP contribution in [-0.2, 0) is 14.3 Å². The van der Waals surface area contributed by atoms with Crippen LogP contribution in [0.25, 0.3) is 0 Å². The lowest BCUT2D eigenvalue weighted by Crippen LogP contribution is -2.54. The second kappa shape index (κ2) is 4.77. The van der Waals surface area contributed by atoms with Crippen molar-refractivity contribution in [2.45, 2.75) is 38.8 Å². The first-order chi connectivity index (χ1) is 7.43. The number of hydrogen-bond donors (Lipinski definition) is 1. The van der Waals surface area contributed by atoms with Crippen molar-refractivity contribution >= 4 is 25.6 Å². The van der Waals surface area contributed by atoms with E-state index in [9.17, 15) is 14.4 Å². The highest BCUT2D eigenvalue weighted by Gasteiger charge is 2.40. The number of carbonyl (C=O) groups excluding carboxylic acids is 2. The highest BCUT2D eigenvalue weighted by Crippen LogP contribution is 2.19. The van der Waals surface area contributed by atoms with Gasteiger partial charge in [0.25, 0.3) is 0 Å². The van der Waals surface area contributed by atoms with Crippen LogP contribution in [0.3, 0.4) is 0 Å². The molecule has 6 nitrogen and oxygen atoms in total. The Hall–Kier alpha value is -1.53. The highest BCUT2D eigenvalue weighted by molar-refractivity contribution is 6.59. The Morgan fingerprint density at radius 2 is 1.59 bits per heavy atom. The lowest BCUT2D eigenvalue weighted by atomic mass is 9.87. The topological polar surface area (TPSA) is 83.9 Å². The molecule has 0 unspecified atom stereocenters. The van der Waals surface area contributed by atoms with Crippen LogP contribution in [0.5, 0.6) is 0 Å². The fourth-order valence-corrected chi connectivity index (χ4v) is 0.783. The Morgan fingerprint density at radius 3 is 1.88 bits per heavy atom. The minimum atomic E-state index is -1.48. The normalized spacial score (nSPS) is 11.8. The molecule has 0 saturated carbocycles. The number of carbonyl (C=O) groups is 3. The molecule has 94 valence electrons. The lowest BCUT2D eigenvalue weighted by Gasteiger charge is -2.34. The molecule has 0 aromatic rings. The van der Waals surface area contributed by atoms with Gasteiger partial charge in [0.05, 0.1) is 0 Å². The Bertz CT molecular complexity index is 351. The number of hydrogen-bond acceptors (Lipinski definition) is 4. The predicted molar refractivity (Wildman–Crippen MR) is 60.8 cm³/mol. The van der Waals surface area contributed by atoms with Crippen LogP contribution >= 0.6 is 0 Å². The van der Waals surface area contributed by atoms with Crippen molar-refractivity contribution in [2.24, 2.45) is 0 Å². The quantitative estimate of drug-likeness (QED) is 0.568. The molecule has 0 fully saturated rings. The molecule has 0 spiro atoms. The third-order valence-corrected chi connectivity index (χ3v) is 2.57. The Labute approximate surface area is 101 Å². The van der Waals surface area contributed by atoms with E-state index in [0.717, 1.165) is 4.90 Å². The average molecular weight is 241 g/mol. The Balaban J connectivity index is 4.95. The second-order valence-corrected chi connectivity index (χ2v) is 4.66. The van der Waals surface area contributed by atoms with Gasteiger partial charge in [0.15, 0.2) is 13.4 Å². The van der Waals surface area contributed by atoms with Crippen molar-refractivity contribution in [2.75, 3.05) is 7.05 Å². The summed E-state index contributed by atoms with van der Waals surface area (Å²) in [6, 6.07) is 0. The summed E-state index contributed by atoms with van der Waals surface area (Å²) in [6.45, 7) is 5.43. The summed E-state index contributed by atoms with van der Waals surface area (Å²) in [5, 5.41) is 8.80. The van der Waals surface area contributed by atoms with Crippen LogP contribution in [0.1, 0.15) is 27.7 Å². The zero-order chi connectivity index (χ0) is 14.0. The molecule has 2 radical (unpaired) electrons. The van der Waals surface area contributed by atoms with Crippen molar-refractivity contribution in [3.63, 3.8) is 0 Å². The highest BCUT2D eigenvalue weighted by atomic mass is 16.6. The summed E-state index contributed by atoms with van der Waals surface area (Å²) in [6.07, 6.45) is -1.27. The van der Waals surface area contributed by atoms with Gasteiger partial charge in [-0.3, -0.25) is 4.90 Å². The predicted octanol–water partition coefficient (Wildman–Crippen LogP) is 0.392. The zero-order valence-electron chi connectivity index (χ0n) is 10.6. The molecular weight excluding hydrogens is 225 g/mol. The summed E-state index contributed by atoms with van der Waals surface area (Å²) in [7, 11) is 6.29. The fourth-order valence-electron chi connectivity index (χ4n) is 0.783.